The molecule has 1 aliphatic heterocycles. The van der Waals surface area contributed by atoms with Gasteiger partial charge in [0.2, 0.25) is 5.91 Å². The molecule has 2 aromatic rings. The fourth-order valence-electron chi connectivity index (χ4n) is 2.18. The van der Waals surface area contributed by atoms with Crippen LogP contribution in [0.25, 0.3) is 0 Å². The molecule has 0 fully saturated rings. The standard InChI is InChI=1S/C15H16N2O2S/c1-9-3-5-13(19-9)10(2)16-11-4-6-14-12(7-11)17-15(18)8-20-14/h3-7,10,16H,8H2,1-2H3,(H,17,18). The number of anilines is 2. The smallest absolute Gasteiger partial charge is 0.234 e. The number of hydrogen-bond acceptors (Lipinski definition) is 4. The van der Waals surface area contributed by atoms with Crippen LogP contribution >= 0.6 is 11.8 Å². The molecule has 0 spiro atoms. The van der Waals surface area contributed by atoms with Gasteiger partial charge in [0.1, 0.15) is 11.5 Å². The van der Waals surface area contributed by atoms with Crippen molar-refractivity contribution in [1.29, 1.82) is 0 Å². The largest absolute Gasteiger partial charge is 0.464 e. The number of nitrogens with one attached hydrogen (secondary N) is 2. The molecule has 1 amide bonds. The van der Waals surface area contributed by atoms with Crippen molar-refractivity contribution in [1.82, 2.24) is 0 Å². The summed E-state index contributed by atoms with van der Waals surface area (Å²) in [5, 5.41) is 6.28. The number of hydrogen-bond donors (Lipinski definition) is 2. The second kappa shape index (κ2) is 5.25. The Bertz CT molecular complexity index is 651. The van der Waals surface area contributed by atoms with Gasteiger partial charge in [-0.15, -0.1) is 11.8 Å². The molecule has 0 bridgehead atoms. The third-order valence-corrected chi connectivity index (χ3v) is 4.26. The molecule has 0 radical (unpaired) electrons. The lowest BCUT2D eigenvalue weighted by Crippen LogP contribution is -2.18. The maximum absolute atomic E-state index is 11.4. The van der Waals surface area contributed by atoms with E-state index in [4.69, 9.17) is 4.42 Å². The molecule has 20 heavy (non-hydrogen) atoms. The first-order valence-electron chi connectivity index (χ1n) is 6.51. The SMILES string of the molecule is Cc1ccc(C(C)Nc2ccc3c(c2)NC(=O)CS3)o1. The second-order valence-corrected chi connectivity index (χ2v) is 5.88. The summed E-state index contributed by atoms with van der Waals surface area (Å²) >= 11 is 1.57. The third-order valence-electron chi connectivity index (χ3n) is 3.18. The Balaban J connectivity index is 1.78. The molecular formula is C15H16N2O2S. The van der Waals surface area contributed by atoms with E-state index in [9.17, 15) is 4.79 Å². The van der Waals surface area contributed by atoms with Crippen LogP contribution in [0.2, 0.25) is 0 Å². The molecule has 1 aromatic heterocycles. The fourth-order valence-corrected chi connectivity index (χ4v) is 2.97. The Morgan fingerprint density at radius 3 is 2.95 bits per heavy atom. The van der Waals surface area contributed by atoms with E-state index in [0.29, 0.717) is 5.75 Å². The fraction of sp³-hybridized carbons (Fsp3) is 0.267. The summed E-state index contributed by atoms with van der Waals surface area (Å²) in [7, 11) is 0. The zero-order chi connectivity index (χ0) is 14.1. The lowest BCUT2D eigenvalue weighted by Gasteiger charge is -2.19. The Hall–Kier alpha value is -1.88. The van der Waals surface area contributed by atoms with E-state index in [0.717, 1.165) is 27.8 Å². The maximum Gasteiger partial charge on any atom is 0.234 e. The number of thioether (sulfide) groups is 1. The Labute approximate surface area is 121 Å². The highest BCUT2D eigenvalue weighted by Crippen LogP contribution is 2.34. The van der Waals surface area contributed by atoms with E-state index < -0.39 is 0 Å². The van der Waals surface area contributed by atoms with Gasteiger partial charge in [0, 0.05) is 10.6 Å². The van der Waals surface area contributed by atoms with Gasteiger partial charge in [-0.1, -0.05) is 0 Å². The first-order valence-corrected chi connectivity index (χ1v) is 7.50. The van der Waals surface area contributed by atoms with Crippen LogP contribution in [0.1, 0.15) is 24.5 Å². The van der Waals surface area contributed by atoms with Crippen LogP contribution in [0.4, 0.5) is 11.4 Å². The molecule has 3 rings (SSSR count). The number of rotatable bonds is 3. The zero-order valence-corrected chi connectivity index (χ0v) is 12.2. The minimum atomic E-state index is 0.0503. The first kappa shape index (κ1) is 13.1. The highest BCUT2D eigenvalue weighted by atomic mass is 32.2. The van der Waals surface area contributed by atoms with Crippen LogP contribution in [-0.2, 0) is 4.79 Å². The van der Waals surface area contributed by atoms with E-state index in [1.165, 1.54) is 0 Å². The van der Waals surface area contributed by atoms with Gasteiger partial charge in [-0.2, -0.15) is 0 Å². The highest BCUT2D eigenvalue weighted by Gasteiger charge is 2.16. The molecule has 1 unspecified atom stereocenters. The van der Waals surface area contributed by atoms with E-state index in [2.05, 4.69) is 10.6 Å². The van der Waals surface area contributed by atoms with Crippen LogP contribution in [0.15, 0.2) is 39.6 Å². The molecular weight excluding hydrogens is 272 g/mol. The van der Waals surface area contributed by atoms with Gasteiger partial charge in [-0.25, -0.2) is 0 Å². The quantitative estimate of drug-likeness (QED) is 0.902. The van der Waals surface area contributed by atoms with Gasteiger partial charge < -0.3 is 15.1 Å². The normalized spacial score (nSPS) is 15.4. The van der Waals surface area contributed by atoms with Gasteiger partial charge >= 0.3 is 0 Å². The molecule has 5 heteroatoms. The average Bonchev–Trinajstić information content (AvgIpc) is 2.85. The molecule has 1 aliphatic rings. The van der Waals surface area contributed by atoms with Crippen LogP contribution in [0.5, 0.6) is 0 Å². The predicted molar refractivity (Wildman–Crippen MR) is 81.3 cm³/mol. The zero-order valence-electron chi connectivity index (χ0n) is 11.4. The topological polar surface area (TPSA) is 54.3 Å². The third kappa shape index (κ3) is 2.67. The summed E-state index contributed by atoms with van der Waals surface area (Å²) in [6, 6.07) is 10.0. The molecule has 1 atom stereocenters. The van der Waals surface area contributed by atoms with Crippen LogP contribution in [0.3, 0.4) is 0 Å². The monoisotopic (exact) mass is 288 g/mol. The van der Waals surface area contributed by atoms with Crippen molar-refractivity contribution in [2.24, 2.45) is 0 Å². The number of amides is 1. The molecule has 0 saturated carbocycles. The lowest BCUT2D eigenvalue weighted by atomic mass is 10.2. The number of carbonyl (C=O) groups is 1. The van der Waals surface area contributed by atoms with Crippen molar-refractivity contribution in [2.75, 3.05) is 16.4 Å². The van der Waals surface area contributed by atoms with Crippen LogP contribution < -0.4 is 10.6 Å². The molecule has 0 aliphatic carbocycles. The molecule has 2 heterocycles. The summed E-state index contributed by atoms with van der Waals surface area (Å²) in [5.74, 6) is 2.35. The van der Waals surface area contributed by atoms with E-state index >= 15 is 0 Å². The van der Waals surface area contributed by atoms with E-state index in [1.807, 2.05) is 44.2 Å². The molecule has 0 saturated heterocycles. The van der Waals surface area contributed by atoms with Crippen LogP contribution in [0, 0.1) is 6.92 Å². The number of carbonyl (C=O) groups excluding carboxylic acids is 1. The number of aryl methyl sites for hydroxylation is 1. The maximum atomic E-state index is 11.4. The number of fused-ring (bicyclic) bond motifs is 1. The van der Waals surface area contributed by atoms with E-state index in [-0.39, 0.29) is 11.9 Å². The Kier molecular flexibility index (Phi) is 3.44. The highest BCUT2D eigenvalue weighted by molar-refractivity contribution is 8.00. The van der Waals surface area contributed by atoms with Crippen molar-refractivity contribution in [3.05, 3.63) is 41.9 Å². The predicted octanol–water partition coefficient (Wildman–Crippen LogP) is 3.81. The summed E-state index contributed by atoms with van der Waals surface area (Å²) in [5.41, 5.74) is 1.84. The number of benzene rings is 1. The molecule has 1 aromatic carbocycles. The van der Waals surface area contributed by atoms with Crippen molar-refractivity contribution < 1.29 is 9.21 Å². The number of furan rings is 1. The summed E-state index contributed by atoms with van der Waals surface area (Å²) in [4.78, 5) is 12.5. The Morgan fingerprint density at radius 1 is 1.35 bits per heavy atom. The van der Waals surface area contributed by atoms with Gasteiger partial charge in [0.05, 0.1) is 17.5 Å². The van der Waals surface area contributed by atoms with Crippen molar-refractivity contribution >= 4 is 29.0 Å². The first-order chi connectivity index (χ1) is 9.61. The molecule has 4 nitrogen and oxygen atoms in total. The minimum absolute atomic E-state index is 0.0503. The summed E-state index contributed by atoms with van der Waals surface area (Å²) in [6.45, 7) is 3.98. The molecule has 104 valence electrons. The van der Waals surface area contributed by atoms with E-state index in [1.54, 1.807) is 11.8 Å². The van der Waals surface area contributed by atoms with Crippen LogP contribution in [-0.4, -0.2) is 11.7 Å². The molecule has 2 N–H and O–H groups in total. The van der Waals surface area contributed by atoms with Gasteiger partial charge in [0.25, 0.3) is 0 Å². The van der Waals surface area contributed by atoms with Crippen molar-refractivity contribution in [2.45, 2.75) is 24.8 Å². The Morgan fingerprint density at radius 2 is 2.20 bits per heavy atom. The minimum Gasteiger partial charge on any atom is -0.464 e. The summed E-state index contributed by atoms with van der Waals surface area (Å²) < 4.78 is 5.61. The van der Waals surface area contributed by atoms with Crippen molar-refractivity contribution in [3.8, 4) is 0 Å². The second-order valence-electron chi connectivity index (χ2n) is 4.86. The van der Waals surface area contributed by atoms with Gasteiger partial charge in [-0.3, -0.25) is 4.79 Å². The average molecular weight is 288 g/mol. The lowest BCUT2D eigenvalue weighted by molar-refractivity contribution is -0.113. The van der Waals surface area contributed by atoms with Crippen molar-refractivity contribution in [3.63, 3.8) is 0 Å². The summed E-state index contributed by atoms with van der Waals surface area (Å²) in [6.07, 6.45) is 0. The van der Waals surface area contributed by atoms with Gasteiger partial charge in [0.15, 0.2) is 0 Å². The van der Waals surface area contributed by atoms with Gasteiger partial charge in [-0.05, 0) is 44.2 Å².